The lowest BCUT2D eigenvalue weighted by Crippen LogP contribution is -2.15. The molecule has 1 aromatic carbocycles. The van der Waals surface area contributed by atoms with Crippen molar-refractivity contribution in [1.82, 2.24) is 0 Å². The number of hydrogen-bond donors (Lipinski definition) is 2. The molecule has 5 nitrogen and oxygen atoms in total. The molecule has 0 unspecified atom stereocenters. The molecule has 0 aliphatic rings. The Bertz CT molecular complexity index is 770. The molecule has 0 saturated heterocycles. The fourth-order valence-corrected chi connectivity index (χ4v) is 4.18. The van der Waals surface area contributed by atoms with Gasteiger partial charge in [0.1, 0.15) is 9.77 Å². The molecule has 0 aliphatic heterocycles. The summed E-state index contributed by atoms with van der Waals surface area (Å²) in [6.07, 6.45) is 0. The van der Waals surface area contributed by atoms with Gasteiger partial charge in [-0.3, -0.25) is 4.72 Å². The molecule has 0 spiro atoms. The van der Waals surface area contributed by atoms with Crippen molar-refractivity contribution in [3.63, 3.8) is 0 Å². The Kier molecular flexibility index (Phi) is 4.24. The molecule has 9 heteroatoms. The maximum atomic E-state index is 12.2. The number of aromatic carboxylic acids is 1. The van der Waals surface area contributed by atoms with E-state index in [1.54, 1.807) is 0 Å². The van der Waals surface area contributed by atoms with Crippen LogP contribution in [0.4, 0.5) is 5.69 Å². The first kappa shape index (κ1) is 15.1. The average molecular weight is 352 g/mol. The zero-order chi connectivity index (χ0) is 14.9. The van der Waals surface area contributed by atoms with E-state index in [0.717, 1.165) is 11.3 Å². The van der Waals surface area contributed by atoms with E-state index in [0.29, 0.717) is 0 Å². The summed E-state index contributed by atoms with van der Waals surface area (Å²) in [4.78, 5) is 10.4. The van der Waals surface area contributed by atoms with Crippen LogP contribution in [0.3, 0.4) is 0 Å². The number of carboxylic acids is 1. The summed E-state index contributed by atoms with van der Waals surface area (Å²) >= 11 is 12.5. The maximum Gasteiger partial charge on any atom is 0.347 e. The Balaban J connectivity index is 2.44. The van der Waals surface area contributed by atoms with Crippen LogP contribution in [-0.4, -0.2) is 19.5 Å². The van der Waals surface area contributed by atoms with Gasteiger partial charge >= 0.3 is 5.97 Å². The number of rotatable bonds is 4. The predicted molar refractivity (Wildman–Crippen MR) is 78.5 cm³/mol. The second-order valence-electron chi connectivity index (χ2n) is 3.63. The third-order valence-electron chi connectivity index (χ3n) is 2.31. The molecule has 0 saturated carbocycles. The molecule has 0 bridgehead atoms. The zero-order valence-electron chi connectivity index (χ0n) is 9.63. The second-order valence-corrected chi connectivity index (χ2v) is 6.98. The average Bonchev–Trinajstić information content (AvgIpc) is 2.85. The number of halogens is 2. The Morgan fingerprint density at radius 2 is 1.95 bits per heavy atom. The number of benzene rings is 1. The lowest BCUT2D eigenvalue weighted by molar-refractivity contribution is 0.0698. The minimum absolute atomic E-state index is 0.0462. The molecule has 2 N–H and O–H groups in total. The zero-order valence-corrected chi connectivity index (χ0v) is 12.8. The highest BCUT2D eigenvalue weighted by Gasteiger charge is 2.24. The van der Waals surface area contributed by atoms with E-state index in [9.17, 15) is 13.2 Å². The number of thiophene rings is 1. The van der Waals surface area contributed by atoms with Gasteiger partial charge in [-0.15, -0.1) is 11.3 Å². The molecule has 2 aromatic rings. The highest BCUT2D eigenvalue weighted by molar-refractivity contribution is 7.93. The van der Waals surface area contributed by atoms with Gasteiger partial charge in [-0.05, 0) is 23.6 Å². The monoisotopic (exact) mass is 351 g/mol. The van der Waals surface area contributed by atoms with E-state index >= 15 is 0 Å². The van der Waals surface area contributed by atoms with Crippen LogP contribution >= 0.6 is 34.5 Å². The summed E-state index contributed by atoms with van der Waals surface area (Å²) < 4.78 is 26.6. The smallest absolute Gasteiger partial charge is 0.347 e. The number of carboxylic acid groups (broad SMARTS) is 1. The van der Waals surface area contributed by atoms with Gasteiger partial charge in [-0.2, -0.15) is 0 Å². The van der Waals surface area contributed by atoms with Gasteiger partial charge in [0.05, 0.1) is 15.7 Å². The summed E-state index contributed by atoms with van der Waals surface area (Å²) in [6.45, 7) is 0. The summed E-state index contributed by atoms with van der Waals surface area (Å²) in [5, 5.41) is 10.6. The van der Waals surface area contributed by atoms with Crippen LogP contribution in [0.15, 0.2) is 34.5 Å². The minimum atomic E-state index is -4.05. The quantitative estimate of drug-likeness (QED) is 0.881. The minimum Gasteiger partial charge on any atom is -0.477 e. The van der Waals surface area contributed by atoms with Gasteiger partial charge in [0.25, 0.3) is 10.0 Å². The Hall–Kier alpha value is -1.28. The lowest BCUT2D eigenvalue weighted by atomic mass is 10.3. The van der Waals surface area contributed by atoms with Crippen molar-refractivity contribution in [2.75, 3.05) is 4.72 Å². The van der Waals surface area contributed by atoms with Crippen LogP contribution < -0.4 is 4.72 Å². The van der Waals surface area contributed by atoms with Gasteiger partial charge in [0.2, 0.25) is 0 Å². The van der Waals surface area contributed by atoms with Crippen molar-refractivity contribution >= 4 is 56.2 Å². The van der Waals surface area contributed by atoms with Crippen molar-refractivity contribution in [1.29, 1.82) is 0 Å². The van der Waals surface area contributed by atoms with Crippen molar-refractivity contribution in [3.05, 3.63) is 44.6 Å². The molecular formula is C11H7Cl2NO4S2. The summed E-state index contributed by atoms with van der Waals surface area (Å²) in [5.41, 5.74) is 0.0849. The van der Waals surface area contributed by atoms with Gasteiger partial charge in [-0.1, -0.05) is 29.3 Å². The number of sulfonamides is 1. The van der Waals surface area contributed by atoms with Gasteiger partial charge < -0.3 is 5.11 Å². The van der Waals surface area contributed by atoms with Crippen LogP contribution in [0, 0.1) is 0 Å². The Morgan fingerprint density at radius 3 is 2.60 bits per heavy atom. The van der Waals surface area contributed by atoms with Crippen LogP contribution in [0.5, 0.6) is 0 Å². The third-order valence-corrected chi connectivity index (χ3v) is 5.57. The van der Waals surface area contributed by atoms with E-state index in [2.05, 4.69) is 4.72 Å². The van der Waals surface area contributed by atoms with Crippen molar-refractivity contribution in [2.45, 2.75) is 4.90 Å². The highest BCUT2D eigenvalue weighted by Crippen LogP contribution is 2.32. The van der Waals surface area contributed by atoms with Crippen molar-refractivity contribution < 1.29 is 18.3 Å². The van der Waals surface area contributed by atoms with Crippen molar-refractivity contribution in [2.24, 2.45) is 0 Å². The van der Waals surface area contributed by atoms with Gasteiger partial charge in [-0.25, -0.2) is 13.2 Å². The molecule has 1 heterocycles. The Labute approximate surface area is 128 Å². The second kappa shape index (κ2) is 5.61. The molecule has 0 atom stereocenters. The van der Waals surface area contributed by atoms with Gasteiger partial charge in [0.15, 0.2) is 0 Å². The fraction of sp³-hybridized carbons (Fsp3) is 0. The topological polar surface area (TPSA) is 83.5 Å². The first-order valence-electron chi connectivity index (χ1n) is 5.10. The number of hydrogen-bond acceptors (Lipinski definition) is 4. The highest BCUT2D eigenvalue weighted by atomic mass is 35.5. The molecule has 20 heavy (non-hydrogen) atoms. The summed E-state index contributed by atoms with van der Waals surface area (Å²) in [6, 6.07) is 5.68. The number of carbonyl (C=O) groups is 1. The molecule has 0 fully saturated rings. The van der Waals surface area contributed by atoms with E-state index in [4.69, 9.17) is 28.3 Å². The van der Waals surface area contributed by atoms with E-state index in [1.807, 2.05) is 0 Å². The predicted octanol–water partition coefficient (Wildman–Crippen LogP) is 3.55. The summed E-state index contributed by atoms with van der Waals surface area (Å²) in [5.74, 6) is -1.31. The van der Waals surface area contributed by atoms with Crippen LogP contribution in [0.1, 0.15) is 9.67 Å². The van der Waals surface area contributed by atoms with E-state index < -0.39 is 16.0 Å². The lowest BCUT2D eigenvalue weighted by Gasteiger charge is -2.09. The standard InChI is InChI=1S/C11H7Cl2NO4S2/c12-6-2-1-3-7(9(6)13)14-20(17,18)8-4-5-19-10(8)11(15)16/h1-5,14H,(H,15,16). The van der Waals surface area contributed by atoms with Crippen molar-refractivity contribution in [3.8, 4) is 0 Å². The van der Waals surface area contributed by atoms with Gasteiger partial charge in [0, 0.05) is 0 Å². The summed E-state index contributed by atoms with van der Waals surface area (Å²) in [7, 11) is -4.05. The SMILES string of the molecule is O=C(O)c1sccc1S(=O)(=O)Nc1cccc(Cl)c1Cl. The Morgan fingerprint density at radius 1 is 1.25 bits per heavy atom. The van der Waals surface area contributed by atoms with Crippen LogP contribution in [0.25, 0.3) is 0 Å². The third kappa shape index (κ3) is 2.90. The number of nitrogens with one attached hydrogen (secondary N) is 1. The largest absolute Gasteiger partial charge is 0.477 e. The molecule has 0 radical (unpaired) electrons. The molecule has 0 aliphatic carbocycles. The van der Waals surface area contributed by atoms with E-state index in [-0.39, 0.29) is 25.5 Å². The molecule has 2 rings (SSSR count). The van der Waals surface area contributed by atoms with E-state index in [1.165, 1.54) is 29.6 Å². The van der Waals surface area contributed by atoms with Crippen LogP contribution in [-0.2, 0) is 10.0 Å². The first-order valence-corrected chi connectivity index (χ1v) is 8.22. The normalized spacial score (nSPS) is 11.3. The fourth-order valence-electron chi connectivity index (χ4n) is 1.45. The maximum absolute atomic E-state index is 12.2. The first-order chi connectivity index (χ1) is 9.33. The molecular weight excluding hydrogens is 345 g/mol. The molecule has 106 valence electrons. The molecule has 1 aromatic heterocycles. The number of anilines is 1. The molecule has 0 amide bonds. The van der Waals surface area contributed by atoms with Crippen LogP contribution in [0.2, 0.25) is 10.0 Å².